The van der Waals surface area contributed by atoms with Gasteiger partial charge in [0.25, 0.3) is 0 Å². The number of piperazine rings is 1. The number of sulfone groups is 1. The van der Waals surface area contributed by atoms with Crippen molar-refractivity contribution in [2.24, 2.45) is 4.99 Å². The number of rotatable bonds is 6. The Hall–Kier alpha value is -0.870. The van der Waals surface area contributed by atoms with Gasteiger partial charge in [-0.15, -0.1) is 24.0 Å². The SMILES string of the molecule is CCNC(=NCCS(=O)(=O)C(C)(C)C)N1CCN(Cc2cccc(C)c2)CC1.I. The molecule has 1 aromatic rings. The van der Waals surface area contributed by atoms with Crippen LogP contribution in [0.4, 0.5) is 0 Å². The van der Waals surface area contributed by atoms with Crippen molar-refractivity contribution in [2.75, 3.05) is 45.0 Å². The van der Waals surface area contributed by atoms with Crippen LogP contribution < -0.4 is 5.32 Å². The number of guanidine groups is 1. The molecule has 0 saturated carbocycles. The molecule has 166 valence electrons. The summed E-state index contributed by atoms with van der Waals surface area (Å²) in [6, 6.07) is 8.66. The summed E-state index contributed by atoms with van der Waals surface area (Å²) in [5.41, 5.74) is 2.64. The predicted molar refractivity (Wildman–Crippen MR) is 133 cm³/mol. The summed E-state index contributed by atoms with van der Waals surface area (Å²) in [6.07, 6.45) is 0. The lowest BCUT2D eigenvalue weighted by molar-refractivity contribution is 0.172. The van der Waals surface area contributed by atoms with Crippen LogP contribution in [-0.2, 0) is 16.4 Å². The number of nitrogens with zero attached hydrogens (tertiary/aromatic N) is 3. The van der Waals surface area contributed by atoms with Gasteiger partial charge in [-0.05, 0) is 40.2 Å². The minimum atomic E-state index is -3.15. The van der Waals surface area contributed by atoms with Crippen LogP contribution >= 0.6 is 24.0 Å². The normalized spacial score (nSPS) is 16.4. The van der Waals surface area contributed by atoms with Crippen LogP contribution in [0, 0.1) is 6.92 Å². The highest BCUT2D eigenvalue weighted by molar-refractivity contribution is 14.0. The molecule has 29 heavy (non-hydrogen) atoms. The third-order valence-electron chi connectivity index (χ3n) is 5.05. The molecule has 0 radical (unpaired) electrons. The van der Waals surface area contributed by atoms with Gasteiger partial charge >= 0.3 is 0 Å². The van der Waals surface area contributed by atoms with E-state index >= 15 is 0 Å². The molecule has 1 saturated heterocycles. The van der Waals surface area contributed by atoms with Crippen molar-refractivity contribution in [3.8, 4) is 0 Å². The Kier molecular flexibility index (Phi) is 10.4. The van der Waals surface area contributed by atoms with Crippen LogP contribution in [0.1, 0.15) is 38.8 Å². The van der Waals surface area contributed by atoms with E-state index in [1.807, 2.05) is 6.92 Å². The van der Waals surface area contributed by atoms with E-state index in [1.165, 1.54) is 11.1 Å². The van der Waals surface area contributed by atoms with E-state index in [9.17, 15) is 8.42 Å². The zero-order valence-electron chi connectivity index (χ0n) is 18.4. The van der Waals surface area contributed by atoms with E-state index in [4.69, 9.17) is 0 Å². The van der Waals surface area contributed by atoms with Crippen LogP contribution in [0.25, 0.3) is 0 Å². The maximum Gasteiger partial charge on any atom is 0.194 e. The summed E-state index contributed by atoms with van der Waals surface area (Å²) in [4.78, 5) is 9.28. The first-order chi connectivity index (χ1) is 13.1. The molecule has 0 spiro atoms. The summed E-state index contributed by atoms with van der Waals surface area (Å²) in [6.45, 7) is 15.1. The van der Waals surface area contributed by atoms with Gasteiger partial charge < -0.3 is 10.2 Å². The molecule has 0 aromatic heterocycles. The van der Waals surface area contributed by atoms with E-state index in [-0.39, 0.29) is 29.7 Å². The van der Waals surface area contributed by atoms with Crippen molar-refractivity contribution in [1.82, 2.24) is 15.1 Å². The van der Waals surface area contributed by atoms with Crippen LogP contribution in [0.2, 0.25) is 0 Å². The van der Waals surface area contributed by atoms with Gasteiger partial charge in [-0.1, -0.05) is 29.8 Å². The molecule has 1 N–H and O–H groups in total. The monoisotopic (exact) mass is 536 g/mol. The molecule has 1 aromatic carbocycles. The van der Waals surface area contributed by atoms with Gasteiger partial charge in [0.2, 0.25) is 0 Å². The average molecular weight is 537 g/mol. The number of halogens is 1. The second-order valence-corrected chi connectivity index (χ2v) is 11.3. The van der Waals surface area contributed by atoms with E-state index in [1.54, 1.807) is 20.8 Å². The summed E-state index contributed by atoms with van der Waals surface area (Å²) in [5.74, 6) is 0.903. The maximum absolute atomic E-state index is 12.3. The lowest BCUT2D eigenvalue weighted by atomic mass is 10.1. The number of aryl methyl sites for hydroxylation is 1. The highest BCUT2D eigenvalue weighted by Crippen LogP contribution is 2.16. The number of hydrogen-bond donors (Lipinski definition) is 1. The fourth-order valence-corrected chi connectivity index (χ4v) is 4.13. The van der Waals surface area contributed by atoms with E-state index < -0.39 is 14.6 Å². The summed E-state index contributed by atoms with van der Waals surface area (Å²) in [5, 5.41) is 3.31. The number of hydrogen-bond acceptors (Lipinski definition) is 4. The second-order valence-electron chi connectivity index (χ2n) is 8.42. The maximum atomic E-state index is 12.3. The van der Waals surface area contributed by atoms with Crippen LogP contribution in [-0.4, -0.2) is 73.9 Å². The predicted octanol–water partition coefficient (Wildman–Crippen LogP) is 2.91. The smallest absolute Gasteiger partial charge is 0.194 e. The minimum Gasteiger partial charge on any atom is -0.357 e. The Labute approximate surface area is 194 Å². The number of aliphatic imine (C=N–C) groups is 1. The molecule has 0 atom stereocenters. The Balaban J connectivity index is 0.00000420. The van der Waals surface area contributed by atoms with Gasteiger partial charge in [-0.2, -0.15) is 0 Å². The standard InChI is InChI=1S/C21H36N4O2S.HI/c1-6-22-20(23-10-15-28(26,27)21(3,4)5)25-13-11-24(12-14-25)17-19-9-7-8-18(2)16-19;/h7-9,16H,6,10-15,17H2,1-5H3,(H,22,23);1H. The zero-order valence-corrected chi connectivity index (χ0v) is 21.6. The number of nitrogens with one attached hydrogen (secondary N) is 1. The van der Waals surface area contributed by atoms with E-state index in [0.29, 0.717) is 6.54 Å². The first-order valence-corrected chi connectivity index (χ1v) is 11.8. The first-order valence-electron chi connectivity index (χ1n) is 10.2. The van der Waals surface area contributed by atoms with E-state index in [2.05, 4.69) is 51.3 Å². The van der Waals surface area contributed by atoms with Crippen LogP contribution in [0.15, 0.2) is 29.3 Å². The van der Waals surface area contributed by atoms with Crippen molar-refractivity contribution in [1.29, 1.82) is 0 Å². The largest absolute Gasteiger partial charge is 0.357 e. The Morgan fingerprint density at radius 1 is 1.17 bits per heavy atom. The Morgan fingerprint density at radius 3 is 2.38 bits per heavy atom. The average Bonchev–Trinajstić information content (AvgIpc) is 2.61. The topological polar surface area (TPSA) is 65.0 Å². The molecule has 0 amide bonds. The second kappa shape index (κ2) is 11.5. The molecule has 1 fully saturated rings. The quantitative estimate of drug-likeness (QED) is 0.344. The van der Waals surface area contributed by atoms with Crippen molar-refractivity contribution < 1.29 is 8.42 Å². The third kappa shape index (κ3) is 8.05. The van der Waals surface area contributed by atoms with Gasteiger partial charge in [0.1, 0.15) is 0 Å². The molecular weight excluding hydrogens is 499 g/mol. The van der Waals surface area contributed by atoms with Gasteiger partial charge in [0.05, 0.1) is 17.0 Å². The van der Waals surface area contributed by atoms with Crippen LogP contribution in [0.5, 0.6) is 0 Å². The Morgan fingerprint density at radius 2 is 1.83 bits per heavy atom. The molecule has 8 heteroatoms. The molecule has 2 rings (SSSR count). The molecule has 1 aliphatic heterocycles. The highest BCUT2D eigenvalue weighted by atomic mass is 127. The van der Waals surface area contributed by atoms with Crippen LogP contribution in [0.3, 0.4) is 0 Å². The first kappa shape index (κ1) is 26.2. The Bertz CT molecular complexity index is 767. The third-order valence-corrected chi connectivity index (χ3v) is 7.64. The van der Waals surface area contributed by atoms with Gasteiger partial charge in [0, 0.05) is 39.3 Å². The summed E-state index contributed by atoms with van der Waals surface area (Å²) in [7, 11) is -3.15. The van der Waals surface area contributed by atoms with Gasteiger partial charge in [-0.25, -0.2) is 8.42 Å². The van der Waals surface area contributed by atoms with Crippen molar-refractivity contribution in [3.05, 3.63) is 35.4 Å². The molecule has 0 bridgehead atoms. The van der Waals surface area contributed by atoms with Gasteiger partial charge in [-0.3, -0.25) is 9.89 Å². The lowest BCUT2D eigenvalue weighted by Crippen LogP contribution is -2.52. The molecule has 1 heterocycles. The lowest BCUT2D eigenvalue weighted by Gasteiger charge is -2.36. The zero-order chi connectivity index (χ0) is 20.8. The van der Waals surface area contributed by atoms with Crippen molar-refractivity contribution in [2.45, 2.75) is 45.9 Å². The highest BCUT2D eigenvalue weighted by Gasteiger charge is 2.28. The van der Waals surface area contributed by atoms with Gasteiger partial charge in [0.15, 0.2) is 15.8 Å². The minimum absolute atomic E-state index is 0. The fourth-order valence-electron chi connectivity index (χ4n) is 3.19. The molecular formula is C21H37IN4O2S. The summed E-state index contributed by atoms with van der Waals surface area (Å²) >= 11 is 0. The summed E-state index contributed by atoms with van der Waals surface area (Å²) < 4.78 is 23.9. The molecule has 1 aliphatic rings. The number of benzene rings is 1. The van der Waals surface area contributed by atoms with Crippen molar-refractivity contribution >= 4 is 39.8 Å². The molecule has 0 unspecified atom stereocenters. The molecule has 0 aliphatic carbocycles. The van der Waals surface area contributed by atoms with Crippen molar-refractivity contribution in [3.63, 3.8) is 0 Å². The van der Waals surface area contributed by atoms with E-state index in [0.717, 1.165) is 45.2 Å². The molecule has 6 nitrogen and oxygen atoms in total. The fraction of sp³-hybridized carbons (Fsp3) is 0.667.